The van der Waals surface area contributed by atoms with Crippen LogP contribution < -0.4 is 0 Å². The van der Waals surface area contributed by atoms with Crippen LogP contribution in [0.5, 0.6) is 0 Å². The minimum absolute atomic E-state index is 0.0700. The standard InChI is InChI=1S/C15H24BrClO/c1-12(2)11-5-6-14(4,18-11)15(12)8-7-13(3,17)10(16)9-15/h10-11H,5-9H2,1-4H3/t10?,11-,13+,14+,15+/m0/s1. The van der Waals surface area contributed by atoms with E-state index in [2.05, 4.69) is 43.6 Å². The molecular formula is C15H24BrClO. The lowest BCUT2D eigenvalue weighted by Gasteiger charge is -2.57. The molecule has 2 heterocycles. The Labute approximate surface area is 124 Å². The Balaban J connectivity index is 2.00. The topological polar surface area (TPSA) is 9.23 Å². The van der Waals surface area contributed by atoms with Crippen molar-refractivity contribution in [3.63, 3.8) is 0 Å². The largest absolute Gasteiger partial charge is 0.371 e. The van der Waals surface area contributed by atoms with Gasteiger partial charge in [-0.15, -0.1) is 11.6 Å². The van der Waals surface area contributed by atoms with Crippen molar-refractivity contribution >= 4 is 27.5 Å². The number of hydrogen-bond donors (Lipinski definition) is 0. The van der Waals surface area contributed by atoms with E-state index in [1.165, 1.54) is 19.3 Å². The second-order valence-corrected chi connectivity index (χ2v) is 9.60. The van der Waals surface area contributed by atoms with E-state index in [0.717, 1.165) is 12.8 Å². The summed E-state index contributed by atoms with van der Waals surface area (Å²) >= 11 is 10.5. The van der Waals surface area contributed by atoms with Crippen molar-refractivity contribution in [2.75, 3.05) is 0 Å². The van der Waals surface area contributed by atoms with Gasteiger partial charge in [0, 0.05) is 10.2 Å². The van der Waals surface area contributed by atoms with E-state index in [0.29, 0.717) is 16.3 Å². The van der Waals surface area contributed by atoms with Crippen molar-refractivity contribution in [1.29, 1.82) is 0 Å². The summed E-state index contributed by atoms with van der Waals surface area (Å²) in [5, 5.41) is 0. The normalized spacial score (nSPS) is 58.3. The van der Waals surface area contributed by atoms with Gasteiger partial charge < -0.3 is 4.74 Å². The van der Waals surface area contributed by atoms with Gasteiger partial charge in [0.2, 0.25) is 0 Å². The maximum atomic E-state index is 6.64. The summed E-state index contributed by atoms with van der Waals surface area (Å²) in [5.41, 5.74) is 0.644. The highest BCUT2D eigenvalue weighted by Gasteiger charge is 2.71. The maximum absolute atomic E-state index is 6.64. The van der Waals surface area contributed by atoms with E-state index in [1.54, 1.807) is 0 Å². The Bertz CT molecular complexity index is 374. The average Bonchev–Trinajstić information content (AvgIpc) is 2.71. The van der Waals surface area contributed by atoms with Gasteiger partial charge in [0.1, 0.15) is 0 Å². The highest BCUT2D eigenvalue weighted by atomic mass is 79.9. The number of halogens is 2. The molecule has 2 aliphatic heterocycles. The van der Waals surface area contributed by atoms with Crippen LogP contribution in [0.3, 0.4) is 0 Å². The van der Waals surface area contributed by atoms with Crippen LogP contribution in [0.2, 0.25) is 0 Å². The van der Waals surface area contributed by atoms with Crippen LogP contribution in [-0.2, 0) is 4.74 Å². The molecule has 3 heteroatoms. The zero-order valence-corrected chi connectivity index (χ0v) is 14.2. The van der Waals surface area contributed by atoms with Crippen LogP contribution in [0, 0.1) is 10.8 Å². The maximum Gasteiger partial charge on any atom is 0.0721 e. The highest BCUT2D eigenvalue weighted by molar-refractivity contribution is 9.09. The summed E-state index contributed by atoms with van der Waals surface area (Å²) in [6, 6.07) is 0. The third kappa shape index (κ3) is 1.43. The molecule has 0 amide bonds. The van der Waals surface area contributed by atoms with Crippen molar-refractivity contribution in [1.82, 2.24) is 0 Å². The highest BCUT2D eigenvalue weighted by Crippen LogP contribution is 2.71. The first-order chi connectivity index (χ1) is 8.15. The molecule has 3 aliphatic rings. The van der Waals surface area contributed by atoms with Crippen molar-refractivity contribution in [2.45, 2.75) is 81.2 Å². The third-order valence-corrected chi connectivity index (χ3v) is 8.61. The molecule has 1 saturated carbocycles. The molecule has 5 atom stereocenters. The first-order valence-electron chi connectivity index (χ1n) is 7.16. The van der Waals surface area contributed by atoms with Crippen LogP contribution in [0.1, 0.15) is 59.8 Å². The van der Waals surface area contributed by atoms with Crippen molar-refractivity contribution < 1.29 is 4.74 Å². The summed E-state index contributed by atoms with van der Waals surface area (Å²) < 4.78 is 6.42. The minimum Gasteiger partial charge on any atom is -0.371 e. The van der Waals surface area contributed by atoms with E-state index in [1.807, 2.05) is 0 Å². The first-order valence-corrected chi connectivity index (χ1v) is 8.45. The Morgan fingerprint density at radius 2 is 1.78 bits per heavy atom. The van der Waals surface area contributed by atoms with Gasteiger partial charge in [0.15, 0.2) is 0 Å². The van der Waals surface area contributed by atoms with Gasteiger partial charge in [0.05, 0.1) is 16.6 Å². The van der Waals surface area contributed by atoms with Gasteiger partial charge in [-0.25, -0.2) is 0 Å². The van der Waals surface area contributed by atoms with Crippen LogP contribution in [0.15, 0.2) is 0 Å². The Hall–Kier alpha value is 0.730. The number of fused-ring (bicyclic) bond motifs is 3. The van der Waals surface area contributed by atoms with Gasteiger partial charge in [-0.1, -0.05) is 29.8 Å². The number of hydrogen-bond acceptors (Lipinski definition) is 1. The van der Waals surface area contributed by atoms with E-state index in [9.17, 15) is 0 Å². The van der Waals surface area contributed by atoms with Crippen LogP contribution in [0.25, 0.3) is 0 Å². The van der Waals surface area contributed by atoms with Gasteiger partial charge in [0.25, 0.3) is 0 Å². The Kier molecular flexibility index (Phi) is 2.80. The molecule has 2 bridgehead atoms. The Morgan fingerprint density at radius 1 is 1.11 bits per heavy atom. The zero-order chi connectivity index (χ0) is 13.4. The monoisotopic (exact) mass is 334 g/mol. The molecule has 3 rings (SSSR count). The van der Waals surface area contributed by atoms with Crippen LogP contribution >= 0.6 is 27.5 Å². The summed E-state index contributed by atoms with van der Waals surface area (Å²) in [6.07, 6.45) is 6.33. The van der Waals surface area contributed by atoms with Gasteiger partial charge in [-0.05, 0) is 51.4 Å². The molecular weight excluding hydrogens is 312 g/mol. The van der Waals surface area contributed by atoms with Crippen molar-refractivity contribution in [3.8, 4) is 0 Å². The third-order valence-electron chi connectivity index (χ3n) is 6.56. The second-order valence-electron chi connectivity index (χ2n) is 7.63. The molecule has 104 valence electrons. The first kappa shape index (κ1) is 13.7. The molecule has 0 aromatic rings. The van der Waals surface area contributed by atoms with Crippen LogP contribution in [0.4, 0.5) is 0 Å². The predicted octanol–water partition coefficient (Wildman–Crippen LogP) is 4.90. The molecule has 1 unspecified atom stereocenters. The summed E-state index contributed by atoms with van der Waals surface area (Å²) in [4.78, 5) is 0.291. The molecule has 0 radical (unpaired) electrons. The smallest absolute Gasteiger partial charge is 0.0721 e. The fourth-order valence-electron chi connectivity index (χ4n) is 4.99. The molecule has 1 nitrogen and oxygen atoms in total. The number of alkyl halides is 2. The fraction of sp³-hybridized carbons (Fsp3) is 1.00. The van der Waals surface area contributed by atoms with E-state index in [-0.39, 0.29) is 15.9 Å². The molecule has 3 fully saturated rings. The van der Waals surface area contributed by atoms with Crippen LogP contribution in [-0.4, -0.2) is 21.4 Å². The zero-order valence-electron chi connectivity index (χ0n) is 11.9. The summed E-state index contributed by atoms with van der Waals surface area (Å²) in [7, 11) is 0. The summed E-state index contributed by atoms with van der Waals surface area (Å²) in [5.74, 6) is 0. The van der Waals surface area contributed by atoms with E-state index in [4.69, 9.17) is 16.3 Å². The quantitative estimate of drug-likeness (QED) is 0.572. The van der Waals surface area contributed by atoms with Gasteiger partial charge in [-0.2, -0.15) is 0 Å². The van der Waals surface area contributed by atoms with Crippen molar-refractivity contribution in [3.05, 3.63) is 0 Å². The van der Waals surface area contributed by atoms with Gasteiger partial charge in [-0.3, -0.25) is 0 Å². The molecule has 0 aromatic heterocycles. The minimum atomic E-state index is -0.0977. The lowest BCUT2D eigenvalue weighted by Crippen LogP contribution is -2.58. The predicted molar refractivity (Wildman–Crippen MR) is 79.6 cm³/mol. The average molecular weight is 336 g/mol. The molecule has 0 aromatic carbocycles. The van der Waals surface area contributed by atoms with Crippen molar-refractivity contribution in [2.24, 2.45) is 10.8 Å². The fourth-order valence-corrected chi connectivity index (χ4v) is 5.94. The molecule has 1 aliphatic carbocycles. The van der Waals surface area contributed by atoms with Gasteiger partial charge >= 0.3 is 0 Å². The number of rotatable bonds is 0. The molecule has 18 heavy (non-hydrogen) atoms. The van der Waals surface area contributed by atoms with E-state index >= 15 is 0 Å². The SMILES string of the molecule is CC1(C)[C@@H]2CC[C@@](C)(O2)[C@@]12CC[C@@](C)(Cl)C(Br)C2. The second kappa shape index (κ2) is 3.68. The number of ether oxygens (including phenoxy) is 1. The lowest BCUT2D eigenvalue weighted by atomic mass is 9.47. The summed E-state index contributed by atoms with van der Waals surface area (Å²) in [6.45, 7) is 9.35. The molecule has 1 spiro atoms. The van der Waals surface area contributed by atoms with E-state index < -0.39 is 0 Å². The molecule has 2 saturated heterocycles. The molecule has 0 N–H and O–H groups in total. The lowest BCUT2D eigenvalue weighted by molar-refractivity contribution is -0.0690. The Morgan fingerprint density at radius 3 is 2.28 bits per heavy atom.